The third-order valence-corrected chi connectivity index (χ3v) is 6.69. The average Bonchev–Trinajstić information content (AvgIpc) is 3.37. The number of amides is 1. The van der Waals surface area contributed by atoms with Gasteiger partial charge < -0.3 is 5.11 Å². The zero-order valence-corrected chi connectivity index (χ0v) is 18.7. The van der Waals surface area contributed by atoms with Gasteiger partial charge in [0.05, 0.1) is 26.8 Å². The SMILES string of the molecule is Cc1ccc(/C(O)=C2/C(=O)C(=O)N(c3nc4ccccc4s3)[C@@H]2c2cccc([N+](=O)[O-])c2)cc1. The normalized spacial score (nSPS) is 17.4. The largest absolute Gasteiger partial charge is 0.507 e. The summed E-state index contributed by atoms with van der Waals surface area (Å²) in [5, 5.41) is 22.8. The number of aliphatic hydroxyl groups excluding tert-OH is 1. The molecule has 8 nitrogen and oxygen atoms in total. The molecule has 0 radical (unpaired) electrons. The number of thiazole rings is 1. The van der Waals surface area contributed by atoms with Gasteiger partial charge in [0.1, 0.15) is 5.76 Å². The minimum atomic E-state index is -1.08. The van der Waals surface area contributed by atoms with E-state index in [-0.39, 0.29) is 22.2 Å². The molecule has 1 saturated heterocycles. The Hall–Kier alpha value is -4.37. The van der Waals surface area contributed by atoms with E-state index in [4.69, 9.17) is 0 Å². The Morgan fingerprint density at radius 2 is 1.79 bits per heavy atom. The third-order valence-electron chi connectivity index (χ3n) is 5.65. The van der Waals surface area contributed by atoms with Crippen molar-refractivity contribution in [1.82, 2.24) is 4.98 Å². The topological polar surface area (TPSA) is 114 Å². The van der Waals surface area contributed by atoms with Gasteiger partial charge in [-0.05, 0) is 24.6 Å². The quantitative estimate of drug-likeness (QED) is 0.145. The summed E-state index contributed by atoms with van der Waals surface area (Å²) in [6.45, 7) is 1.89. The summed E-state index contributed by atoms with van der Waals surface area (Å²) in [5.74, 6) is -2.09. The van der Waals surface area contributed by atoms with Gasteiger partial charge in [-0.3, -0.25) is 24.6 Å². The van der Waals surface area contributed by atoms with E-state index in [1.807, 2.05) is 25.1 Å². The van der Waals surface area contributed by atoms with Gasteiger partial charge in [-0.1, -0.05) is 65.4 Å². The molecule has 1 fully saturated rings. The summed E-state index contributed by atoms with van der Waals surface area (Å²) in [6, 6.07) is 18.8. The van der Waals surface area contributed by atoms with Gasteiger partial charge in [-0.15, -0.1) is 0 Å². The zero-order chi connectivity index (χ0) is 24.0. The van der Waals surface area contributed by atoms with Crippen LogP contribution in [-0.2, 0) is 9.59 Å². The molecule has 5 rings (SSSR count). The average molecular weight is 471 g/mol. The number of non-ortho nitro benzene ring substituents is 1. The first kappa shape index (κ1) is 21.5. The number of Topliss-reactive ketones (excluding diaryl/α,β-unsaturated/α-hetero) is 1. The van der Waals surface area contributed by atoms with Crippen molar-refractivity contribution < 1.29 is 19.6 Å². The maximum atomic E-state index is 13.2. The predicted molar refractivity (Wildman–Crippen MR) is 129 cm³/mol. The minimum absolute atomic E-state index is 0.145. The number of carbonyl (C=O) groups is 2. The van der Waals surface area contributed by atoms with Crippen LogP contribution in [0.1, 0.15) is 22.7 Å². The second-order valence-corrected chi connectivity index (χ2v) is 8.86. The fourth-order valence-electron chi connectivity index (χ4n) is 3.98. The molecule has 9 heteroatoms. The third kappa shape index (κ3) is 3.52. The Kier molecular flexibility index (Phi) is 5.18. The number of nitro groups is 1. The number of para-hydroxylation sites is 1. The molecule has 1 aromatic heterocycles. The highest BCUT2D eigenvalue weighted by molar-refractivity contribution is 7.22. The Bertz CT molecular complexity index is 1470. The standard InChI is InChI=1S/C25H17N3O5S/c1-14-9-11-15(12-10-14)22(29)20-21(16-5-4-6-17(13-16)28(32)33)27(24(31)23(20)30)25-26-18-7-2-3-8-19(18)34-25/h2-13,21,29H,1H3/b22-20-/t21-/m1/s1. The van der Waals surface area contributed by atoms with Crippen LogP contribution in [0.25, 0.3) is 16.0 Å². The maximum Gasteiger partial charge on any atom is 0.301 e. The van der Waals surface area contributed by atoms with Crippen LogP contribution in [0.2, 0.25) is 0 Å². The monoisotopic (exact) mass is 471 g/mol. The highest BCUT2D eigenvalue weighted by Crippen LogP contribution is 2.44. The molecular weight excluding hydrogens is 454 g/mol. The number of aromatic nitrogens is 1. The molecule has 34 heavy (non-hydrogen) atoms. The second-order valence-electron chi connectivity index (χ2n) is 7.85. The lowest BCUT2D eigenvalue weighted by Crippen LogP contribution is -2.29. The van der Waals surface area contributed by atoms with E-state index in [2.05, 4.69) is 4.98 Å². The van der Waals surface area contributed by atoms with Crippen molar-refractivity contribution in [3.05, 3.63) is 105 Å². The molecule has 0 saturated carbocycles. The number of aryl methyl sites for hydroxylation is 1. The van der Waals surface area contributed by atoms with E-state index in [0.717, 1.165) is 10.3 Å². The van der Waals surface area contributed by atoms with E-state index in [1.165, 1.54) is 34.4 Å². The number of aliphatic hydroxyl groups is 1. The summed E-state index contributed by atoms with van der Waals surface area (Å²) >= 11 is 1.22. The van der Waals surface area contributed by atoms with E-state index < -0.39 is 22.7 Å². The molecule has 0 spiro atoms. The van der Waals surface area contributed by atoms with Crippen LogP contribution in [0.15, 0.2) is 78.4 Å². The van der Waals surface area contributed by atoms with Crippen LogP contribution in [0.3, 0.4) is 0 Å². The molecule has 0 unspecified atom stereocenters. The van der Waals surface area contributed by atoms with Gasteiger partial charge in [0.2, 0.25) is 0 Å². The highest BCUT2D eigenvalue weighted by atomic mass is 32.1. The van der Waals surface area contributed by atoms with Crippen LogP contribution in [0, 0.1) is 17.0 Å². The first-order valence-electron chi connectivity index (χ1n) is 10.3. The van der Waals surface area contributed by atoms with Gasteiger partial charge in [-0.25, -0.2) is 4.98 Å². The van der Waals surface area contributed by atoms with Gasteiger partial charge in [-0.2, -0.15) is 0 Å². The molecule has 1 atom stereocenters. The molecule has 4 aromatic rings. The van der Waals surface area contributed by atoms with Gasteiger partial charge >= 0.3 is 5.91 Å². The lowest BCUT2D eigenvalue weighted by atomic mass is 9.95. The molecule has 0 aliphatic carbocycles. The maximum absolute atomic E-state index is 13.2. The number of fused-ring (bicyclic) bond motifs is 1. The van der Waals surface area contributed by atoms with Crippen molar-refractivity contribution in [2.24, 2.45) is 0 Å². The van der Waals surface area contributed by atoms with Crippen molar-refractivity contribution in [2.45, 2.75) is 13.0 Å². The highest BCUT2D eigenvalue weighted by Gasteiger charge is 2.48. The summed E-state index contributed by atoms with van der Waals surface area (Å²) in [7, 11) is 0. The molecule has 2 heterocycles. The van der Waals surface area contributed by atoms with Crippen LogP contribution < -0.4 is 4.90 Å². The fraction of sp³-hybridized carbons (Fsp3) is 0.0800. The lowest BCUT2D eigenvalue weighted by Gasteiger charge is -2.22. The fourth-order valence-corrected chi connectivity index (χ4v) is 4.98. The number of nitro benzene ring substituents is 1. The van der Waals surface area contributed by atoms with E-state index in [0.29, 0.717) is 16.6 Å². The number of ketones is 1. The Balaban J connectivity index is 1.75. The molecule has 168 valence electrons. The number of benzene rings is 3. The number of hydrogen-bond donors (Lipinski definition) is 1. The summed E-state index contributed by atoms with van der Waals surface area (Å²) in [4.78, 5) is 43.1. The van der Waals surface area contributed by atoms with Crippen molar-refractivity contribution in [2.75, 3.05) is 4.90 Å². The number of carbonyl (C=O) groups excluding carboxylic acids is 2. The lowest BCUT2D eigenvalue weighted by molar-refractivity contribution is -0.384. The number of hydrogen-bond acceptors (Lipinski definition) is 7. The van der Waals surface area contributed by atoms with E-state index in [9.17, 15) is 24.8 Å². The van der Waals surface area contributed by atoms with Crippen LogP contribution >= 0.6 is 11.3 Å². The van der Waals surface area contributed by atoms with Crippen molar-refractivity contribution in [1.29, 1.82) is 0 Å². The van der Waals surface area contributed by atoms with Crippen molar-refractivity contribution in [3.63, 3.8) is 0 Å². The summed E-state index contributed by atoms with van der Waals surface area (Å²) in [6.07, 6.45) is 0. The number of nitrogens with zero attached hydrogens (tertiary/aromatic N) is 3. The Morgan fingerprint density at radius 1 is 1.06 bits per heavy atom. The second kappa shape index (κ2) is 8.20. The van der Waals surface area contributed by atoms with Gasteiger partial charge in [0.25, 0.3) is 11.5 Å². The Morgan fingerprint density at radius 3 is 2.50 bits per heavy atom. The van der Waals surface area contributed by atoms with Crippen LogP contribution in [0.4, 0.5) is 10.8 Å². The van der Waals surface area contributed by atoms with Crippen molar-refractivity contribution in [3.8, 4) is 0 Å². The smallest absolute Gasteiger partial charge is 0.301 e. The van der Waals surface area contributed by atoms with Gasteiger partial charge in [0, 0.05) is 17.7 Å². The van der Waals surface area contributed by atoms with Crippen LogP contribution in [-0.4, -0.2) is 26.7 Å². The summed E-state index contributed by atoms with van der Waals surface area (Å²) in [5.41, 5.74) is 1.96. The first-order chi connectivity index (χ1) is 16.3. The Labute approximate surface area is 197 Å². The molecule has 1 aliphatic rings. The first-order valence-corrected chi connectivity index (χ1v) is 11.1. The molecule has 3 aromatic carbocycles. The minimum Gasteiger partial charge on any atom is -0.507 e. The molecule has 1 N–H and O–H groups in total. The van der Waals surface area contributed by atoms with Crippen molar-refractivity contribution >= 4 is 49.8 Å². The number of rotatable bonds is 4. The van der Waals surface area contributed by atoms with Crippen LogP contribution in [0.5, 0.6) is 0 Å². The number of anilines is 1. The zero-order valence-electron chi connectivity index (χ0n) is 17.8. The summed E-state index contributed by atoms with van der Waals surface area (Å²) < 4.78 is 0.815. The predicted octanol–water partition coefficient (Wildman–Crippen LogP) is 5.14. The molecule has 1 aliphatic heterocycles. The molecule has 0 bridgehead atoms. The molecule has 1 amide bonds. The molecular formula is C25H17N3O5S. The van der Waals surface area contributed by atoms with Gasteiger partial charge in [0.15, 0.2) is 5.13 Å². The van der Waals surface area contributed by atoms with E-state index in [1.54, 1.807) is 36.4 Å². The van der Waals surface area contributed by atoms with E-state index >= 15 is 0 Å².